The van der Waals surface area contributed by atoms with Crippen LogP contribution in [0.15, 0.2) is 29.0 Å². The highest BCUT2D eigenvalue weighted by Gasteiger charge is 2.34. The SMILES string of the molecule is Nc1nn(-c2ncccc2C(F)(F)F)cc1Br. The summed E-state index contributed by atoms with van der Waals surface area (Å²) in [6.07, 6.45) is -1.90. The fraction of sp³-hybridized carbons (Fsp3) is 0.111. The van der Waals surface area contributed by atoms with Gasteiger partial charge in [-0.3, -0.25) is 0 Å². The quantitative estimate of drug-likeness (QED) is 0.881. The van der Waals surface area contributed by atoms with Crippen LogP contribution in [0.2, 0.25) is 0 Å². The lowest BCUT2D eigenvalue weighted by molar-refractivity contribution is -0.137. The van der Waals surface area contributed by atoms with E-state index in [4.69, 9.17) is 5.73 Å². The van der Waals surface area contributed by atoms with E-state index >= 15 is 0 Å². The molecule has 2 aromatic heterocycles. The van der Waals surface area contributed by atoms with E-state index in [9.17, 15) is 13.2 Å². The van der Waals surface area contributed by atoms with E-state index in [1.165, 1.54) is 18.5 Å². The van der Waals surface area contributed by atoms with E-state index < -0.39 is 11.7 Å². The average Bonchev–Trinajstić information content (AvgIpc) is 2.58. The van der Waals surface area contributed by atoms with Crippen molar-refractivity contribution < 1.29 is 13.2 Å². The molecule has 2 aromatic rings. The summed E-state index contributed by atoms with van der Waals surface area (Å²) < 4.78 is 39.6. The van der Waals surface area contributed by atoms with Gasteiger partial charge in [0, 0.05) is 12.4 Å². The first-order chi connectivity index (χ1) is 7.89. The first-order valence-corrected chi connectivity index (χ1v) is 5.22. The molecular weight excluding hydrogens is 301 g/mol. The van der Waals surface area contributed by atoms with Gasteiger partial charge < -0.3 is 5.73 Å². The molecule has 2 rings (SSSR count). The van der Waals surface area contributed by atoms with Crippen LogP contribution in [0.4, 0.5) is 19.0 Å². The van der Waals surface area contributed by atoms with E-state index in [-0.39, 0.29) is 11.6 Å². The zero-order valence-electron chi connectivity index (χ0n) is 8.24. The lowest BCUT2D eigenvalue weighted by atomic mass is 10.2. The van der Waals surface area contributed by atoms with Crippen LogP contribution in [-0.4, -0.2) is 14.8 Å². The molecule has 8 heteroatoms. The van der Waals surface area contributed by atoms with Crippen LogP contribution >= 0.6 is 15.9 Å². The summed E-state index contributed by atoms with van der Waals surface area (Å²) in [5.74, 6) is -0.207. The number of halogens is 4. The van der Waals surface area contributed by atoms with Crippen molar-refractivity contribution in [2.24, 2.45) is 0 Å². The summed E-state index contributed by atoms with van der Waals surface area (Å²) in [7, 11) is 0. The summed E-state index contributed by atoms with van der Waals surface area (Å²) in [5, 5.41) is 3.74. The maximum absolute atomic E-state index is 12.7. The van der Waals surface area contributed by atoms with Gasteiger partial charge in [0.1, 0.15) is 5.56 Å². The summed E-state index contributed by atoms with van der Waals surface area (Å²) >= 11 is 3.07. The van der Waals surface area contributed by atoms with Crippen molar-refractivity contribution in [3.05, 3.63) is 34.6 Å². The minimum absolute atomic E-state index is 0.101. The van der Waals surface area contributed by atoms with Crippen molar-refractivity contribution in [1.29, 1.82) is 0 Å². The van der Waals surface area contributed by atoms with E-state index in [2.05, 4.69) is 26.0 Å². The summed E-state index contributed by atoms with van der Waals surface area (Å²) in [5.41, 5.74) is 4.58. The topological polar surface area (TPSA) is 56.7 Å². The molecule has 0 amide bonds. The standard InChI is InChI=1S/C9H6BrF3N4/c10-6-4-17(16-7(6)14)8-5(9(11,12)13)2-1-3-15-8/h1-4H,(H2,14,16). The lowest BCUT2D eigenvalue weighted by Crippen LogP contribution is -2.12. The third kappa shape index (κ3) is 2.26. The third-order valence-corrected chi connectivity index (χ3v) is 2.62. The van der Waals surface area contributed by atoms with Crippen LogP contribution in [0, 0.1) is 0 Å². The fourth-order valence-electron chi connectivity index (χ4n) is 1.28. The Kier molecular flexibility index (Phi) is 2.82. The van der Waals surface area contributed by atoms with E-state index in [1.54, 1.807) is 0 Å². The minimum Gasteiger partial charge on any atom is -0.381 e. The van der Waals surface area contributed by atoms with E-state index in [1.807, 2.05) is 0 Å². The molecule has 0 aliphatic heterocycles. The van der Waals surface area contributed by atoms with Crippen LogP contribution in [0.5, 0.6) is 0 Å². The Hall–Kier alpha value is -1.57. The molecule has 0 aliphatic rings. The Labute approximate surface area is 102 Å². The molecule has 0 saturated carbocycles. The Balaban J connectivity index is 2.60. The molecule has 0 unspecified atom stereocenters. The van der Waals surface area contributed by atoms with Gasteiger partial charge in [-0.25, -0.2) is 9.67 Å². The van der Waals surface area contributed by atoms with Crippen molar-refractivity contribution in [3.8, 4) is 5.82 Å². The van der Waals surface area contributed by atoms with Gasteiger partial charge in [-0.15, -0.1) is 5.10 Å². The second-order valence-electron chi connectivity index (χ2n) is 3.18. The lowest BCUT2D eigenvalue weighted by Gasteiger charge is -2.10. The molecule has 4 nitrogen and oxygen atoms in total. The fourth-order valence-corrected chi connectivity index (χ4v) is 1.55. The summed E-state index contributed by atoms with van der Waals surface area (Å²) in [6.45, 7) is 0. The highest BCUT2D eigenvalue weighted by atomic mass is 79.9. The highest BCUT2D eigenvalue weighted by molar-refractivity contribution is 9.10. The zero-order valence-corrected chi connectivity index (χ0v) is 9.83. The van der Waals surface area contributed by atoms with Gasteiger partial charge in [-0.1, -0.05) is 0 Å². The van der Waals surface area contributed by atoms with E-state index in [0.717, 1.165) is 10.7 Å². The Morgan fingerprint density at radius 1 is 1.35 bits per heavy atom. The normalized spacial score (nSPS) is 11.8. The number of nitrogen functional groups attached to an aromatic ring is 1. The van der Waals surface area contributed by atoms with Gasteiger partial charge in [0.25, 0.3) is 0 Å². The smallest absolute Gasteiger partial charge is 0.381 e. The number of nitrogens with zero attached hydrogens (tertiary/aromatic N) is 3. The second kappa shape index (κ2) is 4.02. The van der Waals surface area contributed by atoms with Crippen LogP contribution < -0.4 is 5.73 Å². The number of rotatable bonds is 1. The molecule has 2 N–H and O–H groups in total. The zero-order chi connectivity index (χ0) is 12.6. The number of nitrogens with two attached hydrogens (primary N) is 1. The second-order valence-corrected chi connectivity index (χ2v) is 4.03. The molecule has 0 aromatic carbocycles. The predicted octanol–water partition coefficient (Wildman–Crippen LogP) is 2.63. The van der Waals surface area contributed by atoms with Crippen LogP contribution in [0.25, 0.3) is 5.82 Å². The first-order valence-electron chi connectivity index (χ1n) is 4.43. The molecule has 0 fully saturated rings. The van der Waals surface area contributed by atoms with Gasteiger partial charge >= 0.3 is 6.18 Å². The van der Waals surface area contributed by atoms with Crippen LogP contribution in [-0.2, 0) is 6.18 Å². The molecule has 0 bridgehead atoms. The summed E-state index contributed by atoms with van der Waals surface area (Å²) in [6, 6.07) is 2.16. The third-order valence-electron chi connectivity index (χ3n) is 2.00. The molecule has 0 saturated heterocycles. The van der Waals surface area contributed by atoms with Crippen LogP contribution in [0.1, 0.15) is 5.56 Å². The number of pyridine rings is 1. The number of anilines is 1. The minimum atomic E-state index is -4.49. The van der Waals surface area contributed by atoms with Crippen molar-refractivity contribution in [1.82, 2.24) is 14.8 Å². The van der Waals surface area contributed by atoms with E-state index in [0.29, 0.717) is 4.47 Å². The molecule has 0 spiro atoms. The molecular formula is C9H6BrF3N4. The van der Waals surface area contributed by atoms with Gasteiger partial charge in [-0.2, -0.15) is 13.2 Å². The number of alkyl halides is 3. The number of hydrogen-bond donors (Lipinski definition) is 1. The van der Waals surface area contributed by atoms with Gasteiger partial charge in [-0.05, 0) is 28.1 Å². The number of hydrogen-bond acceptors (Lipinski definition) is 3. The van der Waals surface area contributed by atoms with Crippen LogP contribution in [0.3, 0.4) is 0 Å². The van der Waals surface area contributed by atoms with Gasteiger partial charge in [0.2, 0.25) is 0 Å². The highest BCUT2D eigenvalue weighted by Crippen LogP contribution is 2.33. The first kappa shape index (κ1) is 11.9. The van der Waals surface area contributed by atoms with Crippen molar-refractivity contribution in [2.75, 3.05) is 5.73 Å². The van der Waals surface area contributed by atoms with Crippen molar-refractivity contribution in [2.45, 2.75) is 6.18 Å². The van der Waals surface area contributed by atoms with Gasteiger partial charge in [0.05, 0.1) is 4.47 Å². The van der Waals surface area contributed by atoms with Crippen molar-refractivity contribution in [3.63, 3.8) is 0 Å². The predicted molar refractivity (Wildman–Crippen MR) is 58.5 cm³/mol. The molecule has 2 heterocycles. The Morgan fingerprint density at radius 3 is 2.59 bits per heavy atom. The maximum Gasteiger partial charge on any atom is 0.420 e. The molecule has 90 valence electrons. The molecule has 0 aliphatic carbocycles. The Bertz CT molecular complexity index is 530. The Morgan fingerprint density at radius 2 is 2.06 bits per heavy atom. The molecule has 17 heavy (non-hydrogen) atoms. The summed E-state index contributed by atoms with van der Waals surface area (Å²) in [4.78, 5) is 3.67. The van der Waals surface area contributed by atoms with Crippen molar-refractivity contribution >= 4 is 21.7 Å². The molecule has 0 radical (unpaired) electrons. The largest absolute Gasteiger partial charge is 0.420 e. The monoisotopic (exact) mass is 306 g/mol. The number of aromatic nitrogens is 3. The van der Waals surface area contributed by atoms with Gasteiger partial charge in [0.15, 0.2) is 11.6 Å². The average molecular weight is 307 g/mol. The molecule has 0 atom stereocenters. The maximum atomic E-state index is 12.7.